The normalized spacial score (nSPS) is 11.1. The molecule has 1 atom stereocenters. The van der Waals surface area contributed by atoms with Gasteiger partial charge >= 0.3 is 11.9 Å². The van der Waals surface area contributed by atoms with Crippen molar-refractivity contribution in [3.05, 3.63) is 42.5 Å². The molecule has 0 N–H and O–H groups in total. The number of rotatable bonds is 17. The number of hydrogen-bond donors (Lipinski definition) is 0. The van der Waals surface area contributed by atoms with Crippen LogP contribution in [0, 0.1) is 0 Å². The van der Waals surface area contributed by atoms with Crippen molar-refractivity contribution in [2.24, 2.45) is 0 Å². The monoisotopic (exact) mass is 422 g/mol. The van der Waals surface area contributed by atoms with Gasteiger partial charge in [-0.25, -0.2) is 4.79 Å². The van der Waals surface area contributed by atoms with Crippen LogP contribution in [-0.4, -0.2) is 63.8 Å². The Morgan fingerprint density at radius 1 is 1.00 bits per heavy atom. The smallest absolute Gasteiger partial charge is 0.330 e. The van der Waals surface area contributed by atoms with Crippen LogP contribution in [0.3, 0.4) is 0 Å². The predicted octanol–water partition coefficient (Wildman–Crippen LogP) is 1.88. The summed E-state index contributed by atoms with van der Waals surface area (Å²) in [5, 5.41) is 0. The Labute approximate surface area is 174 Å². The largest absolute Gasteiger partial charge is 0.490 e. The van der Waals surface area contributed by atoms with Crippen LogP contribution in [0.15, 0.2) is 36.9 Å². The van der Waals surface area contributed by atoms with Gasteiger partial charge in [0, 0.05) is 18.2 Å². The summed E-state index contributed by atoms with van der Waals surface area (Å²) < 4.78 is 25.8. The Bertz CT molecular complexity index is 670. The van der Waals surface area contributed by atoms with Crippen molar-refractivity contribution in [2.75, 3.05) is 33.0 Å². The minimum atomic E-state index is -0.690. The molecule has 9 heteroatoms. The number of carbonyl (C=O) groups excluding carboxylic acids is 4. The number of benzene rings is 1. The van der Waals surface area contributed by atoms with E-state index in [0.29, 0.717) is 43.8 Å². The van der Waals surface area contributed by atoms with Gasteiger partial charge in [0.2, 0.25) is 0 Å². The molecule has 1 aromatic carbocycles. The molecule has 0 radical (unpaired) electrons. The number of ether oxygens (including phenoxy) is 5. The van der Waals surface area contributed by atoms with E-state index in [2.05, 4.69) is 11.3 Å². The van der Waals surface area contributed by atoms with E-state index in [1.54, 1.807) is 24.3 Å². The van der Waals surface area contributed by atoms with Gasteiger partial charge in [0.1, 0.15) is 25.2 Å². The highest BCUT2D eigenvalue weighted by molar-refractivity contribution is 5.81. The molecule has 9 nitrogen and oxygen atoms in total. The summed E-state index contributed by atoms with van der Waals surface area (Å²) in [6, 6.07) is 6.47. The van der Waals surface area contributed by atoms with Crippen molar-refractivity contribution < 1.29 is 42.9 Å². The van der Waals surface area contributed by atoms with E-state index < -0.39 is 18.0 Å². The first kappa shape index (κ1) is 24.8. The van der Waals surface area contributed by atoms with Crippen LogP contribution in [0.2, 0.25) is 0 Å². The van der Waals surface area contributed by atoms with Crippen molar-refractivity contribution in [1.82, 2.24) is 0 Å². The fraction of sp³-hybridized carbons (Fsp3) is 0.429. The van der Waals surface area contributed by atoms with Gasteiger partial charge in [-0.1, -0.05) is 6.58 Å². The van der Waals surface area contributed by atoms with Crippen LogP contribution >= 0.6 is 0 Å². The maximum absolute atomic E-state index is 12.0. The Morgan fingerprint density at radius 2 is 1.73 bits per heavy atom. The summed E-state index contributed by atoms with van der Waals surface area (Å²) in [4.78, 5) is 43.8. The maximum Gasteiger partial charge on any atom is 0.330 e. The van der Waals surface area contributed by atoms with Crippen molar-refractivity contribution in [1.29, 1.82) is 0 Å². The van der Waals surface area contributed by atoms with Gasteiger partial charge in [-0.2, -0.15) is 0 Å². The van der Waals surface area contributed by atoms with Gasteiger partial charge in [0.15, 0.2) is 6.10 Å². The highest BCUT2D eigenvalue weighted by Gasteiger charge is 2.16. The molecular weight excluding hydrogens is 396 g/mol. The molecule has 0 heterocycles. The van der Waals surface area contributed by atoms with E-state index in [9.17, 15) is 19.2 Å². The van der Waals surface area contributed by atoms with Gasteiger partial charge in [-0.05, 0) is 37.1 Å². The van der Waals surface area contributed by atoms with E-state index in [4.69, 9.17) is 18.9 Å². The molecule has 30 heavy (non-hydrogen) atoms. The van der Waals surface area contributed by atoms with Gasteiger partial charge in [0.25, 0.3) is 6.47 Å². The zero-order valence-corrected chi connectivity index (χ0v) is 16.7. The molecule has 0 fully saturated rings. The Morgan fingerprint density at radius 3 is 2.40 bits per heavy atom. The SMILES string of the molecule is C=CC(=O)OCCC(=O)OC(COCCCCOC=O)COc1ccc(C=O)cc1. The standard InChI is InChI=1S/C21H26O9/c1-2-20(24)28-12-9-21(25)30-19(14-26-10-3-4-11-27-16-23)15-29-18-7-5-17(13-22)6-8-18/h2,5-8,13,16,19H,1,3-4,9-12,14-15H2. The lowest BCUT2D eigenvalue weighted by atomic mass is 10.2. The van der Waals surface area contributed by atoms with E-state index in [1.807, 2.05) is 0 Å². The average Bonchev–Trinajstić information content (AvgIpc) is 2.76. The molecule has 0 aliphatic carbocycles. The molecular formula is C21H26O9. The lowest BCUT2D eigenvalue weighted by Gasteiger charge is -2.19. The molecule has 1 aromatic rings. The lowest BCUT2D eigenvalue weighted by molar-refractivity contribution is -0.156. The quantitative estimate of drug-likeness (QED) is 0.122. The second-order valence-electron chi connectivity index (χ2n) is 5.98. The number of carbonyl (C=O) groups is 4. The Balaban J connectivity index is 2.46. The number of aldehydes is 1. The number of unbranched alkanes of at least 4 members (excludes halogenated alkanes) is 1. The molecule has 0 saturated heterocycles. The minimum Gasteiger partial charge on any atom is -0.490 e. The first-order chi connectivity index (χ1) is 14.6. The second-order valence-corrected chi connectivity index (χ2v) is 5.98. The van der Waals surface area contributed by atoms with E-state index >= 15 is 0 Å². The van der Waals surface area contributed by atoms with Crippen molar-refractivity contribution in [3.8, 4) is 5.75 Å². The first-order valence-corrected chi connectivity index (χ1v) is 9.38. The van der Waals surface area contributed by atoms with E-state index in [0.717, 1.165) is 12.4 Å². The third-order valence-electron chi connectivity index (χ3n) is 3.64. The zero-order chi connectivity index (χ0) is 22.0. The van der Waals surface area contributed by atoms with Gasteiger partial charge in [-0.15, -0.1) is 0 Å². The summed E-state index contributed by atoms with van der Waals surface area (Å²) in [6.07, 6.45) is 2.24. The molecule has 0 aromatic heterocycles. The molecule has 0 spiro atoms. The average molecular weight is 422 g/mol. The first-order valence-electron chi connectivity index (χ1n) is 9.38. The topological polar surface area (TPSA) is 114 Å². The maximum atomic E-state index is 12.0. The summed E-state index contributed by atoms with van der Waals surface area (Å²) >= 11 is 0. The molecule has 1 unspecified atom stereocenters. The summed E-state index contributed by atoms with van der Waals surface area (Å²) in [6.45, 7) is 4.37. The third-order valence-corrected chi connectivity index (χ3v) is 3.64. The third kappa shape index (κ3) is 11.6. The van der Waals surface area contributed by atoms with Crippen LogP contribution in [0.4, 0.5) is 0 Å². The fourth-order valence-electron chi connectivity index (χ4n) is 2.14. The second kappa shape index (κ2) is 15.7. The fourth-order valence-corrected chi connectivity index (χ4v) is 2.14. The van der Waals surface area contributed by atoms with Crippen LogP contribution in [-0.2, 0) is 33.3 Å². The molecule has 0 aliphatic rings. The zero-order valence-electron chi connectivity index (χ0n) is 16.7. The predicted molar refractivity (Wildman–Crippen MR) is 105 cm³/mol. The Hall–Kier alpha value is -3.20. The summed E-state index contributed by atoms with van der Waals surface area (Å²) in [5.74, 6) is -0.685. The van der Waals surface area contributed by atoms with Crippen LogP contribution < -0.4 is 4.74 Å². The van der Waals surface area contributed by atoms with Gasteiger partial charge in [-0.3, -0.25) is 14.4 Å². The molecule has 1 rings (SSSR count). The molecule has 0 bridgehead atoms. The lowest BCUT2D eigenvalue weighted by Crippen LogP contribution is -2.30. The molecule has 0 aliphatic heterocycles. The molecule has 0 amide bonds. The van der Waals surface area contributed by atoms with Crippen molar-refractivity contribution in [2.45, 2.75) is 25.4 Å². The highest BCUT2D eigenvalue weighted by atomic mass is 16.6. The van der Waals surface area contributed by atoms with Crippen LogP contribution in [0.5, 0.6) is 5.75 Å². The Kier molecular flexibility index (Phi) is 13.0. The van der Waals surface area contributed by atoms with Crippen LogP contribution in [0.25, 0.3) is 0 Å². The summed E-state index contributed by atoms with van der Waals surface area (Å²) in [7, 11) is 0. The van der Waals surface area contributed by atoms with E-state index in [-0.39, 0.29) is 26.2 Å². The van der Waals surface area contributed by atoms with Crippen molar-refractivity contribution >= 4 is 24.7 Å². The van der Waals surface area contributed by atoms with Crippen molar-refractivity contribution in [3.63, 3.8) is 0 Å². The molecule has 164 valence electrons. The van der Waals surface area contributed by atoms with Gasteiger partial charge in [0.05, 0.1) is 19.6 Å². The summed E-state index contributed by atoms with van der Waals surface area (Å²) in [5.41, 5.74) is 0.515. The van der Waals surface area contributed by atoms with E-state index in [1.165, 1.54) is 0 Å². The minimum absolute atomic E-state index is 0.0346. The molecule has 0 saturated carbocycles. The number of hydrogen-bond acceptors (Lipinski definition) is 9. The highest BCUT2D eigenvalue weighted by Crippen LogP contribution is 2.12. The van der Waals surface area contributed by atoms with Crippen LogP contribution in [0.1, 0.15) is 29.6 Å². The van der Waals surface area contributed by atoms with Gasteiger partial charge < -0.3 is 23.7 Å². The number of esters is 2.